The van der Waals surface area contributed by atoms with Crippen molar-refractivity contribution in [2.45, 2.75) is 25.4 Å². The maximum absolute atomic E-state index is 12.2. The summed E-state index contributed by atoms with van der Waals surface area (Å²) in [6, 6.07) is 9.06. The summed E-state index contributed by atoms with van der Waals surface area (Å²) in [6.07, 6.45) is 4.53. The number of rotatable bonds is 7. The molecule has 138 valence electrons. The van der Waals surface area contributed by atoms with Crippen LogP contribution >= 0.6 is 23.2 Å². The van der Waals surface area contributed by atoms with Crippen molar-refractivity contribution in [2.24, 2.45) is 0 Å². The molecular weight excluding hydrogens is 373 g/mol. The number of halogens is 2. The second-order valence-corrected chi connectivity index (χ2v) is 7.03. The molecule has 1 fully saturated rings. The second-order valence-electron chi connectivity index (χ2n) is 6.19. The molecule has 1 saturated heterocycles. The van der Waals surface area contributed by atoms with E-state index in [1.807, 2.05) is 18.2 Å². The van der Waals surface area contributed by atoms with Gasteiger partial charge in [-0.2, -0.15) is 0 Å². The predicted octanol–water partition coefficient (Wildman–Crippen LogP) is 3.95. The molecule has 2 heterocycles. The number of hydrogen-bond acceptors (Lipinski definition) is 4. The molecule has 0 saturated carbocycles. The maximum atomic E-state index is 12.2. The molecule has 0 spiro atoms. The van der Waals surface area contributed by atoms with Gasteiger partial charge in [-0.15, -0.1) is 0 Å². The van der Waals surface area contributed by atoms with Crippen LogP contribution in [0.4, 0.5) is 5.69 Å². The largest absolute Gasteiger partial charge is 0.385 e. The van der Waals surface area contributed by atoms with E-state index in [-0.39, 0.29) is 12.0 Å². The van der Waals surface area contributed by atoms with Crippen molar-refractivity contribution < 1.29 is 9.53 Å². The molecule has 1 aromatic carbocycles. The molecule has 0 radical (unpaired) electrons. The van der Waals surface area contributed by atoms with E-state index in [0.717, 1.165) is 37.1 Å². The fraction of sp³-hybridized carbons (Fsp3) is 0.368. The fourth-order valence-corrected chi connectivity index (χ4v) is 3.34. The highest BCUT2D eigenvalue weighted by Gasteiger charge is 2.17. The lowest BCUT2D eigenvalue weighted by molar-refractivity contribution is 0.0854. The van der Waals surface area contributed by atoms with Gasteiger partial charge in [-0.05, 0) is 49.1 Å². The van der Waals surface area contributed by atoms with Crippen molar-refractivity contribution in [3.05, 3.63) is 57.8 Å². The highest BCUT2D eigenvalue weighted by molar-refractivity contribution is 6.35. The number of amides is 1. The lowest BCUT2D eigenvalue weighted by Crippen LogP contribution is -2.32. The van der Waals surface area contributed by atoms with Gasteiger partial charge in [0.2, 0.25) is 0 Å². The van der Waals surface area contributed by atoms with E-state index in [1.165, 1.54) is 0 Å². The Hall–Kier alpha value is -1.82. The first-order chi connectivity index (χ1) is 12.6. The van der Waals surface area contributed by atoms with Crippen LogP contribution in [0.3, 0.4) is 0 Å². The first kappa shape index (κ1) is 19.0. The Morgan fingerprint density at radius 3 is 2.92 bits per heavy atom. The molecule has 1 amide bonds. The minimum atomic E-state index is -0.190. The van der Waals surface area contributed by atoms with E-state index < -0.39 is 0 Å². The normalized spacial score (nSPS) is 16.5. The summed E-state index contributed by atoms with van der Waals surface area (Å²) in [7, 11) is 0. The zero-order chi connectivity index (χ0) is 18.4. The van der Waals surface area contributed by atoms with Crippen molar-refractivity contribution in [1.82, 2.24) is 10.3 Å². The van der Waals surface area contributed by atoms with Crippen LogP contribution in [0.5, 0.6) is 0 Å². The molecule has 1 aromatic heterocycles. The average molecular weight is 394 g/mol. The third-order valence-corrected chi connectivity index (χ3v) is 4.83. The maximum Gasteiger partial charge on any atom is 0.270 e. The molecule has 2 N–H and O–H groups in total. The van der Waals surface area contributed by atoms with E-state index in [0.29, 0.717) is 28.8 Å². The van der Waals surface area contributed by atoms with Crippen molar-refractivity contribution in [1.29, 1.82) is 0 Å². The Kier molecular flexibility index (Phi) is 6.72. The van der Waals surface area contributed by atoms with Gasteiger partial charge in [0.1, 0.15) is 5.69 Å². The van der Waals surface area contributed by atoms with Crippen molar-refractivity contribution in [3.8, 4) is 0 Å². The van der Waals surface area contributed by atoms with E-state index in [2.05, 4.69) is 15.6 Å². The summed E-state index contributed by atoms with van der Waals surface area (Å²) in [6.45, 7) is 1.98. The quantitative estimate of drug-likeness (QED) is 0.747. The van der Waals surface area contributed by atoms with Crippen LogP contribution in [-0.4, -0.2) is 36.7 Å². The van der Waals surface area contributed by atoms with E-state index >= 15 is 0 Å². The van der Waals surface area contributed by atoms with Crippen LogP contribution in [0.25, 0.3) is 0 Å². The molecule has 1 atom stereocenters. The fourth-order valence-electron chi connectivity index (χ4n) is 2.83. The monoisotopic (exact) mass is 393 g/mol. The molecule has 7 heteroatoms. The first-order valence-corrected chi connectivity index (χ1v) is 9.41. The van der Waals surface area contributed by atoms with Gasteiger partial charge < -0.3 is 15.4 Å². The number of ether oxygens (including phenoxy) is 1. The molecule has 0 bridgehead atoms. The summed E-state index contributed by atoms with van der Waals surface area (Å²) in [5.41, 5.74) is 2.25. The second kappa shape index (κ2) is 9.21. The van der Waals surface area contributed by atoms with Gasteiger partial charge in [-0.1, -0.05) is 29.3 Å². The number of nitrogens with zero attached hydrogens (tertiary/aromatic N) is 1. The molecule has 3 rings (SSSR count). The van der Waals surface area contributed by atoms with Crippen LogP contribution in [-0.2, 0) is 11.2 Å². The molecule has 0 aliphatic carbocycles. The summed E-state index contributed by atoms with van der Waals surface area (Å²) < 4.78 is 5.51. The SMILES string of the molecule is O=C(NCC1CCCO1)c1cc(NCCc2ccc(Cl)cc2Cl)ccn1. The van der Waals surface area contributed by atoms with Crippen molar-refractivity contribution >= 4 is 34.8 Å². The predicted molar refractivity (Wildman–Crippen MR) is 104 cm³/mol. The van der Waals surface area contributed by atoms with Crippen LogP contribution < -0.4 is 10.6 Å². The molecular formula is C19H21Cl2N3O2. The van der Waals surface area contributed by atoms with Crippen LogP contribution in [0.15, 0.2) is 36.5 Å². The van der Waals surface area contributed by atoms with E-state index in [1.54, 1.807) is 18.3 Å². The lowest BCUT2D eigenvalue weighted by atomic mass is 10.1. The molecule has 1 aliphatic rings. The van der Waals surface area contributed by atoms with Gasteiger partial charge in [0.15, 0.2) is 0 Å². The smallest absolute Gasteiger partial charge is 0.270 e. The van der Waals surface area contributed by atoms with Gasteiger partial charge in [0.25, 0.3) is 5.91 Å². The van der Waals surface area contributed by atoms with Gasteiger partial charge in [-0.3, -0.25) is 9.78 Å². The molecule has 1 unspecified atom stereocenters. The van der Waals surface area contributed by atoms with Crippen LogP contribution in [0.1, 0.15) is 28.9 Å². The number of pyridine rings is 1. The van der Waals surface area contributed by atoms with Crippen LogP contribution in [0, 0.1) is 0 Å². The summed E-state index contributed by atoms with van der Waals surface area (Å²) in [4.78, 5) is 16.4. The number of carbonyl (C=O) groups excluding carboxylic acids is 1. The highest BCUT2D eigenvalue weighted by Crippen LogP contribution is 2.21. The summed E-state index contributed by atoms with van der Waals surface area (Å²) in [5, 5.41) is 7.45. The first-order valence-electron chi connectivity index (χ1n) is 8.65. The zero-order valence-electron chi connectivity index (χ0n) is 14.3. The van der Waals surface area contributed by atoms with Crippen molar-refractivity contribution in [3.63, 3.8) is 0 Å². The Bertz CT molecular complexity index is 764. The minimum Gasteiger partial charge on any atom is -0.385 e. The van der Waals surface area contributed by atoms with E-state index in [9.17, 15) is 4.79 Å². The highest BCUT2D eigenvalue weighted by atomic mass is 35.5. The minimum absolute atomic E-state index is 0.115. The third kappa shape index (κ3) is 5.34. The van der Waals surface area contributed by atoms with Crippen molar-refractivity contribution in [2.75, 3.05) is 25.0 Å². The Morgan fingerprint density at radius 2 is 2.15 bits per heavy atom. The molecule has 1 aliphatic heterocycles. The number of nitrogens with one attached hydrogen (secondary N) is 2. The Labute approximate surface area is 163 Å². The Morgan fingerprint density at radius 1 is 1.27 bits per heavy atom. The standard InChI is InChI=1S/C19H21Cl2N3O2/c20-14-4-3-13(17(21)10-14)5-7-22-15-6-8-23-18(11-15)19(25)24-12-16-2-1-9-26-16/h3-4,6,8,10-11,16H,1-2,5,7,9,12H2,(H,22,23)(H,24,25). The van der Waals surface area contributed by atoms with Gasteiger partial charge in [-0.25, -0.2) is 0 Å². The molecule has 2 aromatic rings. The third-order valence-electron chi connectivity index (χ3n) is 4.25. The lowest BCUT2D eigenvalue weighted by Gasteiger charge is -2.11. The summed E-state index contributed by atoms with van der Waals surface area (Å²) in [5.74, 6) is -0.190. The zero-order valence-corrected chi connectivity index (χ0v) is 15.8. The number of carbonyl (C=O) groups is 1. The number of benzene rings is 1. The van der Waals surface area contributed by atoms with E-state index in [4.69, 9.17) is 27.9 Å². The number of anilines is 1. The number of hydrogen-bond donors (Lipinski definition) is 2. The number of aromatic nitrogens is 1. The summed E-state index contributed by atoms with van der Waals surface area (Å²) >= 11 is 12.1. The van der Waals surface area contributed by atoms with Gasteiger partial charge >= 0.3 is 0 Å². The van der Waals surface area contributed by atoms with Gasteiger partial charge in [0, 0.05) is 41.6 Å². The topological polar surface area (TPSA) is 63.2 Å². The molecule has 26 heavy (non-hydrogen) atoms. The van der Waals surface area contributed by atoms with Crippen LogP contribution in [0.2, 0.25) is 10.0 Å². The molecule has 5 nitrogen and oxygen atoms in total. The average Bonchev–Trinajstić information content (AvgIpc) is 3.15. The van der Waals surface area contributed by atoms with Gasteiger partial charge in [0.05, 0.1) is 6.10 Å². The Balaban J connectivity index is 1.50.